The van der Waals surface area contributed by atoms with E-state index in [2.05, 4.69) is 0 Å². The molecule has 29 heavy (non-hydrogen) atoms. The van der Waals surface area contributed by atoms with Crippen LogP contribution in [0.2, 0.25) is 0 Å². The first-order valence-corrected chi connectivity index (χ1v) is 8.70. The van der Waals surface area contributed by atoms with E-state index in [-0.39, 0.29) is 46.6 Å². The van der Waals surface area contributed by atoms with Crippen LogP contribution in [-0.4, -0.2) is 21.2 Å². The Bertz CT molecular complexity index is 1200. The summed E-state index contributed by atoms with van der Waals surface area (Å²) in [7, 11) is 1.42. The van der Waals surface area contributed by atoms with Crippen LogP contribution in [0, 0.1) is 11.6 Å². The van der Waals surface area contributed by atoms with Crippen LogP contribution in [0.5, 0.6) is 17.2 Å². The van der Waals surface area contributed by atoms with E-state index < -0.39 is 28.7 Å². The zero-order valence-corrected chi connectivity index (χ0v) is 15.7. The number of rotatable bonds is 6. The van der Waals surface area contributed by atoms with Crippen LogP contribution < -0.4 is 10.3 Å². The van der Waals surface area contributed by atoms with Gasteiger partial charge in [-0.05, 0) is 31.2 Å². The number of hydrogen-bond acceptors (Lipinski definition) is 5. The summed E-state index contributed by atoms with van der Waals surface area (Å²) in [5.41, 5.74) is -0.820. The largest absolute Gasteiger partial charge is 0.506 e. The molecule has 1 heterocycles. The summed E-state index contributed by atoms with van der Waals surface area (Å²) >= 11 is 0. The van der Waals surface area contributed by atoms with E-state index in [1.54, 1.807) is 0 Å². The summed E-state index contributed by atoms with van der Waals surface area (Å²) in [4.78, 5) is 36.0. The van der Waals surface area contributed by atoms with Crippen molar-refractivity contribution >= 4 is 22.5 Å². The maximum atomic E-state index is 13.4. The van der Waals surface area contributed by atoms with Gasteiger partial charge < -0.3 is 19.2 Å². The summed E-state index contributed by atoms with van der Waals surface area (Å²) in [6.45, 7) is 1.33. The molecule has 3 aromatic rings. The quantitative estimate of drug-likeness (QED) is 0.634. The number of pyridine rings is 1. The van der Waals surface area contributed by atoms with E-state index in [0.29, 0.717) is 0 Å². The van der Waals surface area contributed by atoms with Gasteiger partial charge in [0.25, 0.3) is 5.56 Å². The number of Topliss-reactive ketones (excluding diaryl/α,β-unsaturated/α-hetero) is 2. The highest BCUT2D eigenvalue weighted by Crippen LogP contribution is 2.31. The first kappa shape index (κ1) is 20.2. The Hall–Kier alpha value is -3.55. The zero-order chi connectivity index (χ0) is 21.3. The smallest absolute Gasteiger partial charge is 0.265 e. The maximum Gasteiger partial charge on any atom is 0.265 e. The number of carbonyl (C=O) groups is 2. The van der Waals surface area contributed by atoms with Gasteiger partial charge in [-0.2, -0.15) is 0 Å². The molecule has 0 saturated heterocycles. The molecule has 0 aliphatic rings. The number of aryl methyl sites for hydroxylation is 1. The second kappa shape index (κ2) is 7.83. The first-order valence-electron chi connectivity index (χ1n) is 8.70. The molecule has 0 spiro atoms. The standard InChI is InChI=1S/C21H17F2NO5/c1-11(25)3-8-18(26)19-20(27)14-6-4-13(10-17(14)24(2)21(19)28)29-12-5-7-15(22)16(23)9-12/h4-7,9-10,27H,3,8H2,1-2H3. The Morgan fingerprint density at radius 3 is 2.34 bits per heavy atom. The van der Waals surface area contributed by atoms with Gasteiger partial charge in [-0.25, -0.2) is 8.78 Å². The minimum absolute atomic E-state index is 0.0273. The van der Waals surface area contributed by atoms with Crippen molar-refractivity contribution in [2.45, 2.75) is 19.8 Å². The van der Waals surface area contributed by atoms with E-state index in [1.165, 1.54) is 42.8 Å². The van der Waals surface area contributed by atoms with Crippen LogP contribution >= 0.6 is 0 Å². The van der Waals surface area contributed by atoms with E-state index in [4.69, 9.17) is 4.74 Å². The van der Waals surface area contributed by atoms with Gasteiger partial charge in [-0.3, -0.25) is 9.59 Å². The number of ether oxygens (including phenoxy) is 1. The fourth-order valence-electron chi connectivity index (χ4n) is 2.91. The predicted molar refractivity (Wildman–Crippen MR) is 102 cm³/mol. The second-order valence-corrected chi connectivity index (χ2v) is 6.57. The highest BCUT2D eigenvalue weighted by molar-refractivity contribution is 6.04. The van der Waals surface area contributed by atoms with Crippen molar-refractivity contribution in [3.8, 4) is 17.2 Å². The molecule has 0 atom stereocenters. The van der Waals surface area contributed by atoms with Gasteiger partial charge in [-0.1, -0.05) is 0 Å². The number of fused-ring (bicyclic) bond motifs is 1. The number of hydrogen-bond donors (Lipinski definition) is 1. The van der Waals surface area contributed by atoms with E-state index >= 15 is 0 Å². The van der Waals surface area contributed by atoms with Crippen molar-refractivity contribution in [1.82, 2.24) is 4.57 Å². The number of benzene rings is 2. The van der Waals surface area contributed by atoms with Crippen molar-refractivity contribution in [3.63, 3.8) is 0 Å². The Morgan fingerprint density at radius 1 is 1.03 bits per heavy atom. The normalized spacial score (nSPS) is 10.9. The molecule has 6 nitrogen and oxygen atoms in total. The summed E-state index contributed by atoms with van der Waals surface area (Å²) in [6.07, 6.45) is -0.207. The number of ketones is 2. The van der Waals surface area contributed by atoms with Crippen molar-refractivity contribution in [2.24, 2.45) is 7.05 Å². The Kier molecular flexibility index (Phi) is 5.45. The van der Waals surface area contributed by atoms with Crippen molar-refractivity contribution < 1.29 is 28.2 Å². The molecule has 0 radical (unpaired) electrons. The van der Waals surface area contributed by atoms with Crippen LogP contribution in [0.4, 0.5) is 8.78 Å². The third-order valence-electron chi connectivity index (χ3n) is 4.45. The Labute approximate surface area is 164 Å². The summed E-state index contributed by atoms with van der Waals surface area (Å²) in [6, 6.07) is 7.38. The third kappa shape index (κ3) is 4.01. The topological polar surface area (TPSA) is 85.6 Å². The predicted octanol–water partition coefficient (Wildman–Crippen LogP) is 3.87. The first-order chi connectivity index (χ1) is 13.7. The van der Waals surface area contributed by atoms with Gasteiger partial charge in [0, 0.05) is 37.4 Å². The second-order valence-electron chi connectivity index (χ2n) is 6.57. The molecule has 0 amide bonds. The molecule has 0 aliphatic heterocycles. The van der Waals surface area contributed by atoms with Gasteiger partial charge >= 0.3 is 0 Å². The van der Waals surface area contributed by atoms with Crippen molar-refractivity contribution in [1.29, 1.82) is 0 Å². The fourth-order valence-corrected chi connectivity index (χ4v) is 2.91. The lowest BCUT2D eigenvalue weighted by atomic mass is 10.0. The third-order valence-corrected chi connectivity index (χ3v) is 4.45. The van der Waals surface area contributed by atoms with Gasteiger partial charge in [0.1, 0.15) is 28.6 Å². The molecule has 0 aliphatic carbocycles. The molecule has 1 aromatic heterocycles. The summed E-state index contributed by atoms with van der Waals surface area (Å²) < 4.78 is 33.1. The Morgan fingerprint density at radius 2 is 1.69 bits per heavy atom. The molecular formula is C21H17F2NO5. The molecule has 0 bridgehead atoms. The average molecular weight is 401 g/mol. The van der Waals surface area contributed by atoms with Crippen LogP contribution in [0.1, 0.15) is 30.1 Å². The van der Waals surface area contributed by atoms with Crippen LogP contribution in [-0.2, 0) is 11.8 Å². The van der Waals surface area contributed by atoms with E-state index in [1.807, 2.05) is 0 Å². The molecule has 0 fully saturated rings. The lowest BCUT2D eigenvalue weighted by molar-refractivity contribution is -0.116. The zero-order valence-electron chi connectivity index (χ0n) is 15.7. The van der Waals surface area contributed by atoms with Crippen LogP contribution in [0.15, 0.2) is 41.2 Å². The van der Waals surface area contributed by atoms with E-state index in [0.717, 1.165) is 12.1 Å². The average Bonchev–Trinajstić information content (AvgIpc) is 2.67. The van der Waals surface area contributed by atoms with Gasteiger partial charge in [0.05, 0.1) is 5.52 Å². The number of carbonyl (C=O) groups excluding carboxylic acids is 2. The molecular weight excluding hydrogens is 384 g/mol. The number of aromatic hydroxyl groups is 1. The number of aromatic nitrogens is 1. The van der Waals surface area contributed by atoms with E-state index in [9.17, 15) is 28.3 Å². The molecule has 2 aromatic carbocycles. The van der Waals surface area contributed by atoms with Crippen molar-refractivity contribution in [3.05, 3.63) is 63.9 Å². The minimum atomic E-state index is -1.07. The number of nitrogens with zero attached hydrogens (tertiary/aromatic N) is 1. The molecule has 150 valence electrons. The van der Waals surface area contributed by atoms with Gasteiger partial charge in [0.2, 0.25) is 0 Å². The van der Waals surface area contributed by atoms with Crippen LogP contribution in [0.3, 0.4) is 0 Å². The van der Waals surface area contributed by atoms with Crippen molar-refractivity contribution in [2.75, 3.05) is 0 Å². The fraction of sp³-hybridized carbons (Fsp3) is 0.190. The molecule has 1 N–H and O–H groups in total. The highest BCUT2D eigenvalue weighted by atomic mass is 19.2. The number of halogens is 2. The molecule has 3 rings (SSSR count). The lowest BCUT2D eigenvalue weighted by Crippen LogP contribution is -2.25. The monoisotopic (exact) mass is 401 g/mol. The summed E-state index contributed by atoms with van der Waals surface area (Å²) in [5.74, 6) is -3.11. The van der Waals surface area contributed by atoms with Gasteiger partial charge in [-0.15, -0.1) is 0 Å². The minimum Gasteiger partial charge on any atom is -0.506 e. The molecule has 8 heteroatoms. The van der Waals surface area contributed by atoms with Gasteiger partial charge in [0.15, 0.2) is 17.4 Å². The summed E-state index contributed by atoms with van der Waals surface area (Å²) in [5, 5.41) is 10.7. The lowest BCUT2D eigenvalue weighted by Gasteiger charge is -2.13. The Balaban J connectivity index is 2.03. The molecule has 0 saturated carbocycles. The molecule has 0 unspecified atom stereocenters. The SMILES string of the molecule is CC(=O)CCC(=O)c1c(O)c2ccc(Oc3ccc(F)c(F)c3)cc2n(C)c1=O. The highest BCUT2D eigenvalue weighted by Gasteiger charge is 2.21. The van der Waals surface area contributed by atoms with Crippen LogP contribution in [0.25, 0.3) is 10.9 Å². The maximum absolute atomic E-state index is 13.4.